The maximum Gasteiger partial charge on any atom is 0.332 e. The molecule has 0 aliphatic carbocycles. The molecule has 0 bridgehead atoms. The molecule has 5 heteroatoms. The smallest absolute Gasteiger partial charge is 0.332 e. The molecule has 1 aromatic carbocycles. The first-order valence-electron chi connectivity index (χ1n) is 6.41. The number of hydrogen-bond acceptors (Lipinski definition) is 3. The minimum Gasteiger partial charge on any atom is -0.478 e. The van der Waals surface area contributed by atoms with Crippen molar-refractivity contribution in [2.45, 2.75) is 13.3 Å². The van der Waals surface area contributed by atoms with E-state index in [1.54, 1.807) is 17.9 Å². The second kappa shape index (κ2) is 5.96. The van der Waals surface area contributed by atoms with Gasteiger partial charge in [0, 0.05) is 24.2 Å². The van der Waals surface area contributed by atoms with Crippen LogP contribution in [0.1, 0.15) is 22.3 Å². The highest BCUT2D eigenvalue weighted by Gasteiger charge is 2.20. The van der Waals surface area contributed by atoms with Crippen LogP contribution in [0, 0.1) is 12.7 Å². The van der Waals surface area contributed by atoms with E-state index in [4.69, 9.17) is 5.11 Å². The third-order valence-corrected chi connectivity index (χ3v) is 3.35. The Hall–Kier alpha value is -2.01. The van der Waals surface area contributed by atoms with Gasteiger partial charge in [-0.1, -0.05) is 6.08 Å². The van der Waals surface area contributed by atoms with Crippen molar-refractivity contribution in [3.8, 4) is 0 Å². The van der Waals surface area contributed by atoms with Gasteiger partial charge in [0.25, 0.3) is 0 Å². The zero-order valence-electron chi connectivity index (χ0n) is 11.2. The Bertz CT molecular complexity index is 580. The molecule has 1 aliphatic rings. The Morgan fingerprint density at radius 2 is 2.15 bits per heavy atom. The monoisotopic (exact) mass is 277 g/mol. The number of aliphatic carboxylic acids is 1. The summed E-state index contributed by atoms with van der Waals surface area (Å²) in [5, 5.41) is 8.95. The highest BCUT2D eigenvalue weighted by Crippen LogP contribution is 2.13. The molecule has 1 N–H and O–H groups in total. The normalized spacial score (nSPS) is 15.8. The minimum atomic E-state index is -0.945. The lowest BCUT2D eigenvalue weighted by molar-refractivity contribution is -0.133. The Morgan fingerprint density at radius 1 is 1.40 bits per heavy atom. The Morgan fingerprint density at radius 3 is 2.80 bits per heavy atom. The van der Waals surface area contributed by atoms with Crippen molar-refractivity contribution >= 4 is 11.8 Å². The molecular formula is C15H16FNO3. The van der Waals surface area contributed by atoms with E-state index >= 15 is 0 Å². The van der Waals surface area contributed by atoms with Crippen LogP contribution in [-0.2, 0) is 4.79 Å². The summed E-state index contributed by atoms with van der Waals surface area (Å²) in [5.41, 5.74) is 1.20. The molecule has 2 rings (SSSR count). The van der Waals surface area contributed by atoms with Gasteiger partial charge < -0.3 is 5.11 Å². The zero-order chi connectivity index (χ0) is 14.7. The fourth-order valence-corrected chi connectivity index (χ4v) is 2.21. The standard InChI is InChI=1S/C15H16FNO3/c1-10-7-11(4-5-13(10)16)14(18)9-17-6-2-3-12(8-17)15(19)20/h3-5,7H,2,6,8-9H2,1H3,(H,19,20). The van der Waals surface area contributed by atoms with E-state index in [-0.39, 0.29) is 24.7 Å². The molecule has 0 radical (unpaired) electrons. The number of carbonyl (C=O) groups is 2. The molecule has 0 atom stereocenters. The molecule has 0 unspecified atom stereocenters. The first-order valence-corrected chi connectivity index (χ1v) is 6.41. The van der Waals surface area contributed by atoms with Gasteiger partial charge in [-0.2, -0.15) is 0 Å². The van der Waals surface area contributed by atoms with Crippen LogP contribution < -0.4 is 0 Å². The van der Waals surface area contributed by atoms with Gasteiger partial charge in [0.05, 0.1) is 6.54 Å². The van der Waals surface area contributed by atoms with Crippen molar-refractivity contribution < 1.29 is 19.1 Å². The summed E-state index contributed by atoms with van der Waals surface area (Å²) in [6.45, 7) is 2.68. The fraction of sp³-hybridized carbons (Fsp3) is 0.333. The van der Waals surface area contributed by atoms with Gasteiger partial charge in [-0.15, -0.1) is 0 Å². The predicted molar refractivity (Wildman–Crippen MR) is 72.2 cm³/mol. The number of nitrogens with zero attached hydrogens (tertiary/aromatic N) is 1. The van der Waals surface area contributed by atoms with Crippen molar-refractivity contribution in [2.75, 3.05) is 19.6 Å². The van der Waals surface area contributed by atoms with E-state index in [1.807, 2.05) is 0 Å². The summed E-state index contributed by atoms with van der Waals surface area (Å²) in [6, 6.07) is 4.26. The highest BCUT2D eigenvalue weighted by molar-refractivity contribution is 5.98. The highest BCUT2D eigenvalue weighted by atomic mass is 19.1. The third-order valence-electron chi connectivity index (χ3n) is 3.35. The van der Waals surface area contributed by atoms with Gasteiger partial charge in [0.1, 0.15) is 5.82 Å². The van der Waals surface area contributed by atoms with Gasteiger partial charge in [-0.05, 0) is 37.1 Å². The lowest BCUT2D eigenvalue weighted by Gasteiger charge is -2.24. The zero-order valence-corrected chi connectivity index (χ0v) is 11.2. The average molecular weight is 277 g/mol. The number of rotatable bonds is 4. The largest absolute Gasteiger partial charge is 0.478 e. The molecule has 20 heavy (non-hydrogen) atoms. The van der Waals surface area contributed by atoms with Crippen molar-refractivity contribution in [1.82, 2.24) is 4.90 Å². The average Bonchev–Trinajstić information content (AvgIpc) is 2.42. The number of ketones is 1. The first kappa shape index (κ1) is 14.4. The van der Waals surface area contributed by atoms with E-state index in [9.17, 15) is 14.0 Å². The van der Waals surface area contributed by atoms with Crippen LogP contribution in [0.2, 0.25) is 0 Å². The van der Waals surface area contributed by atoms with Gasteiger partial charge >= 0.3 is 5.97 Å². The van der Waals surface area contributed by atoms with E-state index < -0.39 is 5.97 Å². The Balaban J connectivity index is 2.03. The second-order valence-electron chi connectivity index (χ2n) is 4.92. The lowest BCUT2D eigenvalue weighted by Crippen LogP contribution is -2.36. The van der Waals surface area contributed by atoms with Crippen LogP contribution in [0.15, 0.2) is 29.8 Å². The SMILES string of the molecule is Cc1cc(C(=O)CN2CCC=C(C(=O)O)C2)ccc1F. The van der Waals surface area contributed by atoms with Crippen LogP contribution in [0.5, 0.6) is 0 Å². The number of carbonyl (C=O) groups excluding carboxylic acids is 1. The number of carboxylic acids is 1. The molecule has 4 nitrogen and oxygen atoms in total. The third kappa shape index (κ3) is 3.30. The lowest BCUT2D eigenvalue weighted by atomic mass is 10.1. The van der Waals surface area contributed by atoms with Gasteiger partial charge in [0.15, 0.2) is 5.78 Å². The van der Waals surface area contributed by atoms with E-state index in [2.05, 4.69) is 0 Å². The molecule has 1 aliphatic heterocycles. The minimum absolute atomic E-state index is 0.125. The quantitative estimate of drug-likeness (QED) is 0.856. The number of carboxylic acid groups (broad SMARTS) is 1. The van der Waals surface area contributed by atoms with E-state index in [1.165, 1.54) is 18.2 Å². The number of halogens is 1. The van der Waals surface area contributed by atoms with Gasteiger partial charge in [-0.25, -0.2) is 9.18 Å². The molecule has 0 fully saturated rings. The van der Waals surface area contributed by atoms with E-state index in [0.717, 1.165) is 0 Å². The predicted octanol–water partition coefficient (Wildman–Crippen LogP) is 2.03. The van der Waals surface area contributed by atoms with Crippen LogP contribution in [0.3, 0.4) is 0 Å². The Labute approximate surface area is 116 Å². The number of benzene rings is 1. The molecule has 0 saturated heterocycles. The fourth-order valence-electron chi connectivity index (χ4n) is 2.21. The summed E-state index contributed by atoms with van der Waals surface area (Å²) in [6.07, 6.45) is 2.31. The molecular weight excluding hydrogens is 261 g/mol. The van der Waals surface area contributed by atoms with Crippen molar-refractivity contribution in [3.05, 3.63) is 46.8 Å². The number of aryl methyl sites for hydroxylation is 1. The molecule has 1 heterocycles. The topological polar surface area (TPSA) is 57.6 Å². The molecule has 0 aromatic heterocycles. The molecule has 106 valence electrons. The summed E-state index contributed by atoms with van der Waals surface area (Å²) < 4.78 is 13.2. The molecule has 0 saturated carbocycles. The summed E-state index contributed by atoms with van der Waals surface area (Å²) in [4.78, 5) is 24.8. The van der Waals surface area contributed by atoms with Crippen LogP contribution in [0.4, 0.5) is 4.39 Å². The molecule has 0 amide bonds. The number of hydrogen-bond donors (Lipinski definition) is 1. The first-order chi connectivity index (χ1) is 9.47. The van der Waals surface area contributed by atoms with Gasteiger partial charge in [-0.3, -0.25) is 9.69 Å². The summed E-state index contributed by atoms with van der Waals surface area (Å²) in [7, 11) is 0. The number of Topliss-reactive ketones (excluding diaryl/α,β-unsaturated/α-hetero) is 1. The van der Waals surface area contributed by atoms with Crippen LogP contribution in [0.25, 0.3) is 0 Å². The van der Waals surface area contributed by atoms with Crippen molar-refractivity contribution in [1.29, 1.82) is 0 Å². The maximum atomic E-state index is 13.2. The van der Waals surface area contributed by atoms with Gasteiger partial charge in [0.2, 0.25) is 0 Å². The summed E-state index contributed by atoms with van der Waals surface area (Å²) >= 11 is 0. The molecule has 0 spiro atoms. The Kier molecular flexibility index (Phi) is 4.29. The van der Waals surface area contributed by atoms with Crippen molar-refractivity contribution in [3.63, 3.8) is 0 Å². The maximum absolute atomic E-state index is 13.2. The molecule has 1 aromatic rings. The summed E-state index contributed by atoms with van der Waals surface area (Å²) in [5.74, 6) is -1.41. The van der Waals surface area contributed by atoms with Crippen molar-refractivity contribution in [2.24, 2.45) is 0 Å². The van der Waals surface area contributed by atoms with Crippen LogP contribution in [-0.4, -0.2) is 41.4 Å². The van der Waals surface area contributed by atoms with E-state index in [0.29, 0.717) is 29.7 Å². The second-order valence-corrected chi connectivity index (χ2v) is 4.92. The van der Waals surface area contributed by atoms with Crippen LogP contribution >= 0.6 is 0 Å².